The van der Waals surface area contributed by atoms with Gasteiger partial charge < -0.3 is 0 Å². The summed E-state index contributed by atoms with van der Waals surface area (Å²) in [6, 6.07) is 14.8. The molecule has 3 aliphatic carbocycles. The third kappa shape index (κ3) is 3.42. The predicted octanol–water partition coefficient (Wildman–Crippen LogP) is 9.23. The molecule has 0 atom stereocenters. The van der Waals surface area contributed by atoms with Crippen LogP contribution in [0.15, 0.2) is 60.2 Å². The lowest BCUT2D eigenvalue weighted by Crippen LogP contribution is -2.33. The first-order chi connectivity index (χ1) is 15.1. The Morgan fingerprint density at radius 2 is 1.25 bits per heavy atom. The molecule has 2 aromatic rings. The van der Waals surface area contributed by atoms with Gasteiger partial charge in [0, 0.05) is 11.3 Å². The molecule has 168 valence electrons. The van der Waals surface area contributed by atoms with Crippen molar-refractivity contribution in [1.29, 1.82) is 0 Å². The van der Waals surface area contributed by atoms with Crippen LogP contribution in [-0.4, -0.2) is 0 Å². The lowest BCUT2D eigenvalue weighted by Gasteiger charge is -2.45. The molecule has 0 aliphatic heterocycles. The Bertz CT molecular complexity index is 1020. The Balaban J connectivity index is 1.77. The molecule has 0 spiro atoms. The molecular formula is C32H40. The highest BCUT2D eigenvalue weighted by molar-refractivity contribution is 5.81. The average Bonchev–Trinajstić information content (AvgIpc) is 3.39. The number of rotatable bonds is 2. The molecule has 0 saturated heterocycles. The van der Waals surface area contributed by atoms with Crippen LogP contribution in [0, 0.1) is 5.41 Å². The molecule has 0 bridgehead atoms. The zero-order valence-corrected chi connectivity index (χ0v) is 21.0. The van der Waals surface area contributed by atoms with E-state index < -0.39 is 0 Å². The second kappa shape index (κ2) is 7.47. The van der Waals surface area contributed by atoms with Crippen LogP contribution >= 0.6 is 0 Å². The summed E-state index contributed by atoms with van der Waals surface area (Å²) >= 11 is 0. The fraction of sp³-hybridized carbons (Fsp3) is 0.500. The van der Waals surface area contributed by atoms with Gasteiger partial charge in [-0.3, -0.25) is 0 Å². The molecule has 0 heterocycles. The van der Waals surface area contributed by atoms with Crippen molar-refractivity contribution >= 4 is 0 Å². The monoisotopic (exact) mass is 424 g/mol. The summed E-state index contributed by atoms with van der Waals surface area (Å²) in [4.78, 5) is 0. The summed E-state index contributed by atoms with van der Waals surface area (Å²) < 4.78 is 0. The van der Waals surface area contributed by atoms with Gasteiger partial charge in [-0.25, -0.2) is 0 Å². The first kappa shape index (κ1) is 21.7. The number of hydrogen-bond donors (Lipinski definition) is 0. The highest BCUT2D eigenvalue weighted by Crippen LogP contribution is 2.62. The van der Waals surface area contributed by atoms with Gasteiger partial charge in [-0.2, -0.15) is 0 Å². The van der Waals surface area contributed by atoms with Crippen LogP contribution in [0.3, 0.4) is 0 Å². The Morgan fingerprint density at radius 1 is 0.719 bits per heavy atom. The van der Waals surface area contributed by atoms with Gasteiger partial charge in [-0.1, -0.05) is 121 Å². The Morgan fingerprint density at radius 3 is 1.69 bits per heavy atom. The lowest BCUT2D eigenvalue weighted by atomic mass is 9.58. The van der Waals surface area contributed by atoms with Gasteiger partial charge in [0.15, 0.2) is 0 Å². The van der Waals surface area contributed by atoms with Gasteiger partial charge in [0.05, 0.1) is 0 Å². The first-order valence-electron chi connectivity index (χ1n) is 12.8. The molecule has 5 rings (SSSR count). The van der Waals surface area contributed by atoms with Crippen LogP contribution in [0.25, 0.3) is 11.1 Å². The summed E-state index contributed by atoms with van der Waals surface area (Å²) in [6.07, 6.45) is 15.0. The van der Waals surface area contributed by atoms with Crippen molar-refractivity contribution < 1.29 is 0 Å². The Labute approximate surface area is 195 Å². The summed E-state index contributed by atoms with van der Waals surface area (Å²) in [5, 5.41) is 0. The number of benzene rings is 2. The van der Waals surface area contributed by atoms with Gasteiger partial charge in [-0.15, -0.1) is 0 Å². The van der Waals surface area contributed by atoms with E-state index >= 15 is 0 Å². The second-order valence-electron chi connectivity index (χ2n) is 12.6. The molecule has 2 aromatic carbocycles. The normalized spacial score (nSPS) is 20.2. The molecule has 0 amide bonds. The molecule has 32 heavy (non-hydrogen) atoms. The van der Waals surface area contributed by atoms with E-state index in [9.17, 15) is 0 Å². The highest BCUT2D eigenvalue weighted by Gasteiger charge is 2.48. The largest absolute Gasteiger partial charge is 0.0804 e. The fourth-order valence-corrected chi connectivity index (χ4v) is 6.58. The predicted molar refractivity (Wildman–Crippen MR) is 138 cm³/mol. The van der Waals surface area contributed by atoms with Crippen LogP contribution in [0.1, 0.15) is 108 Å². The van der Waals surface area contributed by atoms with E-state index in [4.69, 9.17) is 0 Å². The summed E-state index contributed by atoms with van der Waals surface area (Å²) in [7, 11) is 0. The number of hydrogen-bond acceptors (Lipinski definition) is 0. The topological polar surface area (TPSA) is 0 Å². The quantitative estimate of drug-likeness (QED) is 0.450. The number of allylic oxidation sites excluding steroid dienone is 4. The molecule has 3 aliphatic rings. The molecule has 0 N–H and O–H groups in total. The van der Waals surface area contributed by atoms with E-state index in [0.717, 1.165) is 6.42 Å². The maximum atomic E-state index is 2.58. The van der Waals surface area contributed by atoms with Crippen molar-refractivity contribution in [2.45, 2.75) is 96.8 Å². The minimum Gasteiger partial charge on any atom is -0.0804 e. The van der Waals surface area contributed by atoms with Crippen LogP contribution in [0.2, 0.25) is 0 Å². The molecule has 0 heteroatoms. The second-order valence-corrected chi connectivity index (χ2v) is 12.6. The summed E-state index contributed by atoms with van der Waals surface area (Å²) in [5.41, 5.74) is 11.4. The minimum atomic E-state index is 0.166. The Kier molecular flexibility index (Phi) is 5.08. The van der Waals surface area contributed by atoms with Crippen molar-refractivity contribution in [3.8, 4) is 11.1 Å². The molecule has 1 saturated carbocycles. The van der Waals surface area contributed by atoms with E-state index in [0.29, 0.717) is 5.92 Å². The van der Waals surface area contributed by atoms with Crippen LogP contribution in [0.5, 0.6) is 0 Å². The van der Waals surface area contributed by atoms with Crippen molar-refractivity contribution in [1.82, 2.24) is 0 Å². The molecule has 0 aromatic heterocycles. The maximum absolute atomic E-state index is 2.58. The fourth-order valence-electron chi connectivity index (χ4n) is 6.58. The van der Waals surface area contributed by atoms with Crippen molar-refractivity contribution in [2.24, 2.45) is 5.41 Å². The zero-order valence-electron chi connectivity index (χ0n) is 21.0. The first-order valence-corrected chi connectivity index (χ1v) is 12.8. The van der Waals surface area contributed by atoms with Gasteiger partial charge in [0.25, 0.3) is 0 Å². The molecule has 0 unspecified atom stereocenters. The van der Waals surface area contributed by atoms with E-state index in [1.807, 2.05) is 0 Å². The van der Waals surface area contributed by atoms with Crippen molar-refractivity contribution in [3.63, 3.8) is 0 Å². The van der Waals surface area contributed by atoms with E-state index in [1.165, 1.54) is 54.4 Å². The standard InChI is InChI=1S/C32H40/c1-30(2,3)23-14-16-25-26-17-15-24(31(4,5)6)21-28(26)29(27(25)20-23)32(18-10-7-11-19-32)22-12-8-9-13-22/h8-9,12,14-17,20-21,29H,7,10-11,13,18-19H2,1-6H3. The van der Waals surface area contributed by atoms with Gasteiger partial charge in [0.1, 0.15) is 0 Å². The molecular weight excluding hydrogens is 384 g/mol. The van der Waals surface area contributed by atoms with Gasteiger partial charge in [-0.05, 0) is 63.5 Å². The average molecular weight is 425 g/mol. The Hall–Kier alpha value is -2.08. The third-order valence-electron chi connectivity index (χ3n) is 8.46. The van der Waals surface area contributed by atoms with E-state index in [-0.39, 0.29) is 16.2 Å². The SMILES string of the molecule is CC(C)(C)c1ccc2c(c1)C(C1(C3=CC=CC3)CCCCC1)c1cc(C(C)(C)C)ccc1-2. The molecule has 0 radical (unpaired) electrons. The number of fused-ring (bicyclic) bond motifs is 3. The zero-order chi connectivity index (χ0) is 22.7. The van der Waals surface area contributed by atoms with E-state index in [1.54, 1.807) is 16.7 Å². The molecule has 0 nitrogen and oxygen atoms in total. The smallest absolute Gasteiger partial charge is 0.0196 e. The van der Waals surface area contributed by atoms with Crippen LogP contribution in [0.4, 0.5) is 0 Å². The summed E-state index contributed by atoms with van der Waals surface area (Å²) in [5.74, 6) is 0.476. The highest BCUT2D eigenvalue weighted by atomic mass is 14.5. The van der Waals surface area contributed by atoms with Gasteiger partial charge >= 0.3 is 0 Å². The van der Waals surface area contributed by atoms with Crippen molar-refractivity contribution in [3.05, 3.63) is 82.5 Å². The summed E-state index contributed by atoms with van der Waals surface area (Å²) in [6.45, 7) is 14.1. The minimum absolute atomic E-state index is 0.166. The molecule has 1 fully saturated rings. The maximum Gasteiger partial charge on any atom is 0.0196 e. The van der Waals surface area contributed by atoms with Crippen LogP contribution < -0.4 is 0 Å². The van der Waals surface area contributed by atoms with Crippen LogP contribution in [-0.2, 0) is 10.8 Å². The van der Waals surface area contributed by atoms with Crippen molar-refractivity contribution in [2.75, 3.05) is 0 Å². The lowest BCUT2D eigenvalue weighted by molar-refractivity contribution is 0.209. The van der Waals surface area contributed by atoms with E-state index in [2.05, 4.69) is 96.2 Å². The van der Waals surface area contributed by atoms with Gasteiger partial charge in [0.2, 0.25) is 0 Å². The third-order valence-corrected chi connectivity index (χ3v) is 8.46.